The van der Waals surface area contributed by atoms with E-state index in [0.717, 1.165) is 5.33 Å². The van der Waals surface area contributed by atoms with Crippen molar-refractivity contribution in [1.82, 2.24) is 0 Å². The van der Waals surface area contributed by atoms with E-state index in [9.17, 15) is 0 Å². The van der Waals surface area contributed by atoms with Crippen LogP contribution in [0.2, 0.25) is 0 Å². The molecule has 0 N–H and O–H groups in total. The topological polar surface area (TPSA) is 0 Å². The van der Waals surface area contributed by atoms with E-state index in [1.807, 2.05) is 0 Å². The van der Waals surface area contributed by atoms with E-state index in [1.54, 1.807) is 5.57 Å². The molecule has 0 aromatic rings. The Labute approximate surface area is 72.8 Å². The third kappa shape index (κ3) is 3.40. The van der Waals surface area contributed by atoms with Crippen LogP contribution in [0.4, 0.5) is 0 Å². The number of hydrogen-bond acceptors (Lipinski definition) is 0. The standard InChI is InChI=1S/C9H17Br/c1-7(2)9(5-6-10)8(3)4/h5,7-8H,6H2,1-4H3. The van der Waals surface area contributed by atoms with Gasteiger partial charge >= 0.3 is 0 Å². The van der Waals surface area contributed by atoms with E-state index in [2.05, 4.69) is 49.7 Å². The highest BCUT2D eigenvalue weighted by Crippen LogP contribution is 2.18. The minimum Gasteiger partial charge on any atom is -0.0883 e. The van der Waals surface area contributed by atoms with Gasteiger partial charge in [0, 0.05) is 5.33 Å². The smallest absolute Gasteiger partial charge is 0.0214 e. The molecular formula is C9H17Br. The van der Waals surface area contributed by atoms with Crippen molar-refractivity contribution in [3.63, 3.8) is 0 Å². The molecule has 0 saturated heterocycles. The second kappa shape index (κ2) is 4.95. The van der Waals surface area contributed by atoms with Crippen LogP contribution in [0.1, 0.15) is 27.7 Å². The molecular weight excluding hydrogens is 188 g/mol. The molecule has 0 fully saturated rings. The first kappa shape index (κ1) is 10.2. The Balaban J connectivity index is 4.12. The molecule has 0 radical (unpaired) electrons. The lowest BCUT2D eigenvalue weighted by Crippen LogP contribution is -2.01. The van der Waals surface area contributed by atoms with Crippen molar-refractivity contribution >= 4 is 15.9 Å². The first-order chi connectivity index (χ1) is 4.59. The van der Waals surface area contributed by atoms with Crippen molar-refractivity contribution in [2.24, 2.45) is 11.8 Å². The van der Waals surface area contributed by atoms with Gasteiger partial charge in [-0.15, -0.1) is 0 Å². The first-order valence-electron chi connectivity index (χ1n) is 3.85. The highest BCUT2D eigenvalue weighted by molar-refractivity contribution is 9.09. The van der Waals surface area contributed by atoms with Crippen LogP contribution in [-0.2, 0) is 0 Å². The second-order valence-corrected chi connectivity index (χ2v) is 3.82. The molecule has 0 aromatic carbocycles. The molecule has 0 nitrogen and oxygen atoms in total. The van der Waals surface area contributed by atoms with Gasteiger partial charge in [0.25, 0.3) is 0 Å². The summed E-state index contributed by atoms with van der Waals surface area (Å²) in [4.78, 5) is 0. The maximum atomic E-state index is 3.41. The third-order valence-corrected chi connectivity index (χ3v) is 1.97. The molecule has 0 aliphatic carbocycles. The Hall–Kier alpha value is 0.220. The summed E-state index contributed by atoms with van der Waals surface area (Å²) in [6, 6.07) is 0. The highest BCUT2D eigenvalue weighted by Gasteiger charge is 2.05. The van der Waals surface area contributed by atoms with Gasteiger partial charge in [-0.2, -0.15) is 0 Å². The maximum absolute atomic E-state index is 3.41. The van der Waals surface area contributed by atoms with E-state index < -0.39 is 0 Å². The number of allylic oxidation sites excluding steroid dienone is 2. The molecule has 0 bridgehead atoms. The summed E-state index contributed by atoms with van der Waals surface area (Å²) < 4.78 is 0. The van der Waals surface area contributed by atoms with Crippen molar-refractivity contribution < 1.29 is 0 Å². The van der Waals surface area contributed by atoms with Crippen LogP contribution in [0.3, 0.4) is 0 Å². The Morgan fingerprint density at radius 3 is 1.70 bits per heavy atom. The van der Waals surface area contributed by atoms with E-state index in [4.69, 9.17) is 0 Å². The van der Waals surface area contributed by atoms with E-state index in [-0.39, 0.29) is 0 Å². The van der Waals surface area contributed by atoms with Crippen molar-refractivity contribution in [2.75, 3.05) is 5.33 Å². The average Bonchev–Trinajstić information content (AvgIpc) is 1.81. The monoisotopic (exact) mass is 204 g/mol. The van der Waals surface area contributed by atoms with Crippen LogP contribution in [0, 0.1) is 11.8 Å². The first-order valence-corrected chi connectivity index (χ1v) is 4.97. The van der Waals surface area contributed by atoms with Gasteiger partial charge in [0.1, 0.15) is 0 Å². The fourth-order valence-electron chi connectivity index (χ4n) is 1.23. The molecule has 60 valence electrons. The van der Waals surface area contributed by atoms with Gasteiger partial charge in [-0.3, -0.25) is 0 Å². The predicted octanol–water partition coefficient (Wildman–Crippen LogP) is 3.62. The summed E-state index contributed by atoms with van der Waals surface area (Å²) in [6.45, 7) is 8.98. The Morgan fingerprint density at radius 1 is 1.20 bits per heavy atom. The van der Waals surface area contributed by atoms with Gasteiger partial charge in [0.2, 0.25) is 0 Å². The summed E-state index contributed by atoms with van der Waals surface area (Å²) in [7, 11) is 0. The molecule has 0 spiro atoms. The van der Waals surface area contributed by atoms with E-state index in [1.165, 1.54) is 0 Å². The zero-order valence-corrected chi connectivity index (χ0v) is 8.90. The lowest BCUT2D eigenvalue weighted by atomic mass is 9.93. The number of rotatable bonds is 3. The molecule has 0 atom stereocenters. The second-order valence-electron chi connectivity index (χ2n) is 3.17. The zero-order valence-electron chi connectivity index (χ0n) is 7.32. The molecule has 0 heterocycles. The minimum atomic E-state index is 0.692. The number of hydrogen-bond donors (Lipinski definition) is 0. The van der Waals surface area contributed by atoms with Crippen LogP contribution >= 0.6 is 15.9 Å². The van der Waals surface area contributed by atoms with Crippen LogP contribution in [-0.4, -0.2) is 5.33 Å². The fourth-order valence-corrected chi connectivity index (χ4v) is 1.60. The molecule has 0 aromatic heterocycles. The van der Waals surface area contributed by atoms with Gasteiger partial charge in [0.15, 0.2) is 0 Å². The average molecular weight is 205 g/mol. The van der Waals surface area contributed by atoms with Crippen molar-refractivity contribution in [3.8, 4) is 0 Å². The Morgan fingerprint density at radius 2 is 1.60 bits per heavy atom. The Bertz CT molecular complexity index is 102. The summed E-state index contributed by atoms with van der Waals surface area (Å²) in [5.41, 5.74) is 1.55. The van der Waals surface area contributed by atoms with E-state index in [0.29, 0.717) is 11.8 Å². The zero-order chi connectivity index (χ0) is 8.15. The predicted molar refractivity (Wildman–Crippen MR) is 51.6 cm³/mol. The maximum Gasteiger partial charge on any atom is 0.0214 e. The fraction of sp³-hybridized carbons (Fsp3) is 0.778. The summed E-state index contributed by atoms with van der Waals surface area (Å²) in [5.74, 6) is 1.38. The summed E-state index contributed by atoms with van der Waals surface area (Å²) in [5, 5.41) is 0.985. The molecule has 10 heavy (non-hydrogen) atoms. The van der Waals surface area contributed by atoms with Crippen molar-refractivity contribution in [2.45, 2.75) is 27.7 Å². The third-order valence-electron chi connectivity index (χ3n) is 1.65. The van der Waals surface area contributed by atoms with Crippen LogP contribution < -0.4 is 0 Å². The van der Waals surface area contributed by atoms with Gasteiger partial charge in [-0.1, -0.05) is 55.3 Å². The van der Waals surface area contributed by atoms with Gasteiger partial charge < -0.3 is 0 Å². The van der Waals surface area contributed by atoms with Crippen molar-refractivity contribution in [1.29, 1.82) is 0 Å². The molecule has 0 aliphatic heterocycles. The van der Waals surface area contributed by atoms with E-state index >= 15 is 0 Å². The normalized spacial score (nSPS) is 10.7. The molecule has 0 rings (SSSR count). The van der Waals surface area contributed by atoms with Gasteiger partial charge in [0.05, 0.1) is 0 Å². The molecule has 0 unspecified atom stereocenters. The molecule has 0 aliphatic rings. The van der Waals surface area contributed by atoms with Crippen molar-refractivity contribution in [3.05, 3.63) is 11.6 Å². The number of halogens is 1. The molecule has 0 amide bonds. The lowest BCUT2D eigenvalue weighted by molar-refractivity contribution is 0.624. The molecule has 1 heteroatoms. The van der Waals surface area contributed by atoms with Crippen LogP contribution in [0.15, 0.2) is 11.6 Å². The summed E-state index contributed by atoms with van der Waals surface area (Å²) >= 11 is 3.41. The minimum absolute atomic E-state index is 0.692. The SMILES string of the molecule is CC(C)C(=CCBr)C(C)C. The highest BCUT2D eigenvalue weighted by atomic mass is 79.9. The van der Waals surface area contributed by atoms with Gasteiger partial charge in [-0.25, -0.2) is 0 Å². The quantitative estimate of drug-likeness (QED) is 0.487. The number of alkyl halides is 1. The largest absolute Gasteiger partial charge is 0.0883 e. The Kier molecular flexibility index (Phi) is 5.06. The van der Waals surface area contributed by atoms with Gasteiger partial charge in [-0.05, 0) is 11.8 Å². The lowest BCUT2D eigenvalue weighted by Gasteiger charge is -2.14. The summed E-state index contributed by atoms with van der Waals surface area (Å²) in [6.07, 6.45) is 2.27. The van der Waals surface area contributed by atoms with Crippen LogP contribution in [0.25, 0.3) is 0 Å². The molecule has 0 saturated carbocycles. The van der Waals surface area contributed by atoms with Crippen LogP contribution in [0.5, 0.6) is 0 Å².